The Balaban J connectivity index is 1.34. The van der Waals surface area contributed by atoms with Gasteiger partial charge in [0.15, 0.2) is 0 Å². The summed E-state index contributed by atoms with van der Waals surface area (Å²) in [5.74, 6) is 0.881. The van der Waals surface area contributed by atoms with E-state index >= 15 is 0 Å². The zero-order valence-corrected chi connectivity index (χ0v) is 16.7. The standard InChI is InChI=1S/C22H31N3O3/c1-24(16-18-5-3-2-4-6-18)21(27)10-7-17-11-13-25(14-12-17)22(28)15-19-8-9-20(26)23-19/h2-6,17,19H,7-16H2,1H3,(H,23,26). The van der Waals surface area contributed by atoms with E-state index in [2.05, 4.69) is 5.32 Å². The van der Waals surface area contributed by atoms with Gasteiger partial charge < -0.3 is 15.1 Å². The molecule has 0 spiro atoms. The van der Waals surface area contributed by atoms with Crippen molar-refractivity contribution in [2.75, 3.05) is 20.1 Å². The lowest BCUT2D eigenvalue weighted by molar-refractivity contribution is -0.134. The van der Waals surface area contributed by atoms with Gasteiger partial charge in [0.1, 0.15) is 0 Å². The highest BCUT2D eigenvalue weighted by Gasteiger charge is 2.28. The summed E-state index contributed by atoms with van der Waals surface area (Å²) in [6.07, 6.45) is 5.08. The van der Waals surface area contributed by atoms with Crippen LogP contribution in [0, 0.1) is 5.92 Å². The molecule has 2 aliphatic rings. The summed E-state index contributed by atoms with van der Waals surface area (Å²) >= 11 is 0. The van der Waals surface area contributed by atoms with Crippen LogP contribution in [-0.2, 0) is 20.9 Å². The summed E-state index contributed by atoms with van der Waals surface area (Å²) in [4.78, 5) is 39.8. The van der Waals surface area contributed by atoms with Gasteiger partial charge in [-0.25, -0.2) is 0 Å². The maximum absolute atomic E-state index is 12.4. The minimum atomic E-state index is 0.00972. The average molecular weight is 386 g/mol. The number of amides is 3. The zero-order chi connectivity index (χ0) is 19.9. The fourth-order valence-electron chi connectivity index (χ4n) is 4.11. The second-order valence-corrected chi connectivity index (χ2v) is 8.11. The van der Waals surface area contributed by atoms with E-state index in [9.17, 15) is 14.4 Å². The molecule has 1 atom stereocenters. The van der Waals surface area contributed by atoms with Gasteiger partial charge in [0.2, 0.25) is 17.7 Å². The van der Waals surface area contributed by atoms with Crippen molar-refractivity contribution in [3.8, 4) is 0 Å². The molecule has 28 heavy (non-hydrogen) atoms. The molecular formula is C22H31N3O3. The van der Waals surface area contributed by atoms with Gasteiger partial charge >= 0.3 is 0 Å². The van der Waals surface area contributed by atoms with Crippen LogP contribution in [0.3, 0.4) is 0 Å². The number of rotatable bonds is 7. The van der Waals surface area contributed by atoms with E-state index in [-0.39, 0.29) is 23.8 Å². The van der Waals surface area contributed by atoms with Gasteiger partial charge in [0.25, 0.3) is 0 Å². The second-order valence-electron chi connectivity index (χ2n) is 8.11. The molecule has 0 aromatic heterocycles. The molecule has 152 valence electrons. The fourth-order valence-corrected chi connectivity index (χ4v) is 4.11. The number of likely N-dealkylation sites (tertiary alicyclic amines) is 1. The lowest BCUT2D eigenvalue weighted by Crippen LogP contribution is -2.41. The van der Waals surface area contributed by atoms with Gasteiger partial charge in [-0.05, 0) is 37.2 Å². The van der Waals surface area contributed by atoms with Crippen LogP contribution in [0.2, 0.25) is 0 Å². The first-order valence-electron chi connectivity index (χ1n) is 10.4. The van der Waals surface area contributed by atoms with Crippen molar-refractivity contribution < 1.29 is 14.4 Å². The van der Waals surface area contributed by atoms with E-state index in [1.165, 1.54) is 0 Å². The molecule has 1 aromatic rings. The smallest absolute Gasteiger partial charge is 0.224 e. The topological polar surface area (TPSA) is 69.7 Å². The molecule has 1 aromatic carbocycles. The molecule has 6 nitrogen and oxygen atoms in total. The second kappa shape index (κ2) is 9.71. The first-order valence-corrected chi connectivity index (χ1v) is 10.4. The molecule has 2 saturated heterocycles. The van der Waals surface area contributed by atoms with Crippen LogP contribution in [0.25, 0.3) is 0 Å². The number of nitrogens with one attached hydrogen (secondary N) is 1. The maximum Gasteiger partial charge on any atom is 0.224 e. The van der Waals surface area contributed by atoms with Crippen LogP contribution in [0.1, 0.15) is 50.5 Å². The first-order chi connectivity index (χ1) is 13.5. The summed E-state index contributed by atoms with van der Waals surface area (Å²) in [6, 6.07) is 10.0. The lowest BCUT2D eigenvalue weighted by Gasteiger charge is -2.33. The molecule has 0 bridgehead atoms. The first kappa shape index (κ1) is 20.4. The Labute approximate surface area is 167 Å². The fraction of sp³-hybridized carbons (Fsp3) is 0.591. The van der Waals surface area contributed by atoms with Crippen molar-refractivity contribution in [1.29, 1.82) is 0 Å². The number of piperidine rings is 1. The van der Waals surface area contributed by atoms with Gasteiger partial charge in [0.05, 0.1) is 0 Å². The molecule has 0 aliphatic carbocycles. The van der Waals surface area contributed by atoms with Gasteiger partial charge in [-0.1, -0.05) is 30.3 Å². The van der Waals surface area contributed by atoms with Crippen LogP contribution < -0.4 is 5.32 Å². The Morgan fingerprint density at radius 2 is 1.86 bits per heavy atom. The van der Waals surface area contributed by atoms with E-state index in [1.807, 2.05) is 42.3 Å². The van der Waals surface area contributed by atoms with Crippen LogP contribution >= 0.6 is 0 Å². The van der Waals surface area contributed by atoms with E-state index in [1.54, 1.807) is 4.90 Å². The third kappa shape index (κ3) is 5.81. The minimum Gasteiger partial charge on any atom is -0.353 e. The van der Waals surface area contributed by atoms with E-state index in [4.69, 9.17) is 0 Å². The summed E-state index contributed by atoms with van der Waals surface area (Å²) in [5.41, 5.74) is 1.14. The summed E-state index contributed by atoms with van der Waals surface area (Å²) < 4.78 is 0. The molecule has 0 radical (unpaired) electrons. The molecular weight excluding hydrogens is 354 g/mol. The number of carbonyl (C=O) groups is 3. The third-order valence-electron chi connectivity index (χ3n) is 5.93. The summed E-state index contributed by atoms with van der Waals surface area (Å²) in [6.45, 7) is 2.17. The normalized spacial score (nSPS) is 20.1. The largest absolute Gasteiger partial charge is 0.353 e. The van der Waals surface area contributed by atoms with Crippen molar-refractivity contribution >= 4 is 17.7 Å². The molecule has 2 fully saturated rings. The number of hydrogen-bond donors (Lipinski definition) is 1. The van der Waals surface area contributed by atoms with Crippen LogP contribution in [0.4, 0.5) is 0 Å². The highest BCUT2D eigenvalue weighted by atomic mass is 16.2. The lowest BCUT2D eigenvalue weighted by atomic mass is 9.91. The van der Waals surface area contributed by atoms with E-state index in [0.717, 1.165) is 44.3 Å². The quantitative estimate of drug-likeness (QED) is 0.783. The van der Waals surface area contributed by atoms with Crippen molar-refractivity contribution in [3.63, 3.8) is 0 Å². The Bertz CT molecular complexity index is 684. The molecule has 6 heteroatoms. The maximum atomic E-state index is 12.4. The zero-order valence-electron chi connectivity index (χ0n) is 16.7. The van der Waals surface area contributed by atoms with Gasteiger partial charge in [-0.3, -0.25) is 14.4 Å². The molecule has 0 saturated carbocycles. The molecule has 3 amide bonds. The predicted octanol–water partition coefficient (Wildman–Crippen LogP) is 2.33. The van der Waals surface area contributed by atoms with Gasteiger partial charge in [0, 0.05) is 52.0 Å². The van der Waals surface area contributed by atoms with Gasteiger partial charge in [-0.15, -0.1) is 0 Å². The van der Waals surface area contributed by atoms with Crippen molar-refractivity contribution in [2.45, 2.75) is 57.5 Å². The molecule has 2 heterocycles. The van der Waals surface area contributed by atoms with Gasteiger partial charge in [-0.2, -0.15) is 0 Å². The Morgan fingerprint density at radius 1 is 1.14 bits per heavy atom. The van der Waals surface area contributed by atoms with E-state index in [0.29, 0.717) is 31.7 Å². The monoisotopic (exact) mass is 385 g/mol. The molecule has 1 unspecified atom stereocenters. The Kier molecular flexibility index (Phi) is 7.06. The van der Waals surface area contributed by atoms with Crippen molar-refractivity contribution in [3.05, 3.63) is 35.9 Å². The number of carbonyl (C=O) groups excluding carboxylic acids is 3. The van der Waals surface area contributed by atoms with Crippen molar-refractivity contribution in [2.24, 2.45) is 5.92 Å². The van der Waals surface area contributed by atoms with Crippen LogP contribution in [-0.4, -0.2) is 53.7 Å². The third-order valence-corrected chi connectivity index (χ3v) is 5.93. The Hall–Kier alpha value is -2.37. The predicted molar refractivity (Wildman–Crippen MR) is 107 cm³/mol. The van der Waals surface area contributed by atoms with Crippen molar-refractivity contribution in [1.82, 2.24) is 15.1 Å². The molecule has 3 rings (SSSR count). The average Bonchev–Trinajstić information content (AvgIpc) is 3.11. The highest BCUT2D eigenvalue weighted by molar-refractivity contribution is 5.82. The highest BCUT2D eigenvalue weighted by Crippen LogP contribution is 2.23. The van der Waals surface area contributed by atoms with Crippen LogP contribution in [0.5, 0.6) is 0 Å². The molecule has 1 N–H and O–H groups in total. The summed E-state index contributed by atoms with van der Waals surface area (Å²) in [5, 5.41) is 2.86. The minimum absolute atomic E-state index is 0.00972. The van der Waals surface area contributed by atoms with Crippen LogP contribution in [0.15, 0.2) is 30.3 Å². The summed E-state index contributed by atoms with van der Waals surface area (Å²) in [7, 11) is 1.86. The Morgan fingerprint density at radius 3 is 2.50 bits per heavy atom. The number of nitrogens with zero attached hydrogens (tertiary/aromatic N) is 2. The SMILES string of the molecule is CN(Cc1ccccc1)C(=O)CCC1CCN(C(=O)CC2CCC(=O)N2)CC1. The molecule has 2 aliphatic heterocycles. The number of hydrogen-bond acceptors (Lipinski definition) is 3. The van der Waals surface area contributed by atoms with E-state index < -0.39 is 0 Å². The number of benzene rings is 1.